The van der Waals surface area contributed by atoms with Crippen LogP contribution in [0.25, 0.3) is 0 Å². The van der Waals surface area contributed by atoms with Crippen LogP contribution < -0.4 is 0 Å². The van der Waals surface area contributed by atoms with Gasteiger partial charge in [0.1, 0.15) is 0 Å². The van der Waals surface area contributed by atoms with Gasteiger partial charge in [0, 0.05) is 0 Å². The predicted molar refractivity (Wildman–Crippen MR) is 68.3 cm³/mol. The third-order valence-corrected chi connectivity index (χ3v) is 6.08. The summed E-state index contributed by atoms with van der Waals surface area (Å²) in [6.45, 7) is 0. The number of halogens is 2. The Bertz CT molecular complexity index is 509. The van der Waals surface area contributed by atoms with Crippen molar-refractivity contribution in [3.63, 3.8) is 0 Å². The van der Waals surface area contributed by atoms with Crippen LogP contribution in [0.5, 0.6) is 0 Å². The highest BCUT2D eigenvalue weighted by Crippen LogP contribution is 2.57. The first-order valence-electron chi connectivity index (χ1n) is 7.13. The molecule has 0 aromatic heterocycles. The first-order valence-corrected chi connectivity index (χ1v) is 8.57. The summed E-state index contributed by atoms with van der Waals surface area (Å²) in [4.78, 5) is 10.9. The number of carbonyl (C=O) groups excluding carboxylic acids is 1. The van der Waals surface area contributed by atoms with Crippen molar-refractivity contribution in [3.05, 3.63) is 0 Å². The summed E-state index contributed by atoms with van der Waals surface area (Å²) < 4.78 is 63.0. The second-order valence-corrected chi connectivity index (χ2v) is 8.31. The second-order valence-electron chi connectivity index (χ2n) is 6.81. The number of rotatable bonds is 5. The molecule has 1 N–H and O–H groups in total. The molecule has 0 amide bonds. The van der Waals surface area contributed by atoms with Crippen molar-refractivity contribution in [2.24, 2.45) is 17.8 Å². The fourth-order valence-electron chi connectivity index (χ4n) is 4.77. The molecule has 0 aliphatic heterocycles. The van der Waals surface area contributed by atoms with Crippen LogP contribution in [0.3, 0.4) is 0 Å². The molecule has 5 nitrogen and oxygen atoms in total. The fraction of sp³-hybridized carbons (Fsp3) is 0.923. The number of hydrogen-bond donors (Lipinski definition) is 1. The standard InChI is InChI=1S/C13H18F2O5S/c14-13(15,21(17,18)19)11(7-16)20-12-4-8-1-9(5-12)3-10(2-8)6-12/h7-11H,1-6H2,(H,17,18,19). The van der Waals surface area contributed by atoms with Gasteiger partial charge in [-0.3, -0.25) is 4.55 Å². The molecule has 0 saturated heterocycles. The van der Waals surface area contributed by atoms with Crippen molar-refractivity contribution in [1.29, 1.82) is 0 Å². The summed E-state index contributed by atoms with van der Waals surface area (Å²) >= 11 is 0. The lowest BCUT2D eigenvalue weighted by atomic mass is 9.54. The average Bonchev–Trinajstić information content (AvgIpc) is 2.32. The molecule has 1 unspecified atom stereocenters. The first-order chi connectivity index (χ1) is 9.65. The van der Waals surface area contributed by atoms with Gasteiger partial charge in [-0.05, 0) is 56.3 Å². The number of carbonyl (C=O) groups is 1. The summed E-state index contributed by atoms with van der Waals surface area (Å²) in [6.07, 6.45) is 2.27. The zero-order valence-corrected chi connectivity index (χ0v) is 12.2. The van der Waals surface area contributed by atoms with Gasteiger partial charge in [-0.15, -0.1) is 0 Å². The van der Waals surface area contributed by atoms with Crippen LogP contribution in [-0.4, -0.2) is 36.2 Å². The van der Waals surface area contributed by atoms with Gasteiger partial charge in [0.05, 0.1) is 5.60 Å². The SMILES string of the molecule is O=CC(OC12CC3CC(CC(C3)C1)C2)C(F)(F)S(=O)(=O)O. The summed E-state index contributed by atoms with van der Waals surface area (Å²) in [5.74, 6) is 1.22. The van der Waals surface area contributed by atoms with E-state index in [1.807, 2.05) is 0 Å². The zero-order valence-electron chi connectivity index (χ0n) is 11.4. The van der Waals surface area contributed by atoms with Crippen molar-refractivity contribution in [2.45, 2.75) is 55.5 Å². The van der Waals surface area contributed by atoms with Crippen LogP contribution >= 0.6 is 0 Å². The molecule has 0 radical (unpaired) electrons. The van der Waals surface area contributed by atoms with Crippen LogP contribution in [0.4, 0.5) is 8.78 Å². The highest BCUT2D eigenvalue weighted by atomic mass is 32.2. The van der Waals surface area contributed by atoms with E-state index in [2.05, 4.69) is 0 Å². The van der Waals surface area contributed by atoms with E-state index in [9.17, 15) is 22.0 Å². The Hall–Kier alpha value is -0.600. The smallest absolute Gasteiger partial charge is 0.357 e. The first kappa shape index (κ1) is 15.3. The lowest BCUT2D eigenvalue weighted by Crippen LogP contribution is -2.56. The Morgan fingerprint density at radius 1 is 1.14 bits per heavy atom. The molecule has 21 heavy (non-hydrogen) atoms. The van der Waals surface area contributed by atoms with Crippen LogP contribution in [0.1, 0.15) is 38.5 Å². The molecule has 4 saturated carbocycles. The van der Waals surface area contributed by atoms with Gasteiger partial charge >= 0.3 is 15.4 Å². The Morgan fingerprint density at radius 3 is 1.90 bits per heavy atom. The Balaban J connectivity index is 1.83. The van der Waals surface area contributed by atoms with E-state index in [1.165, 1.54) is 0 Å². The maximum Gasteiger partial charge on any atom is 0.401 e. The molecule has 4 aliphatic rings. The van der Waals surface area contributed by atoms with Crippen molar-refractivity contribution in [1.82, 2.24) is 0 Å². The largest absolute Gasteiger partial charge is 0.401 e. The van der Waals surface area contributed by atoms with E-state index in [0.29, 0.717) is 37.0 Å². The highest BCUT2D eigenvalue weighted by molar-refractivity contribution is 7.87. The van der Waals surface area contributed by atoms with E-state index in [4.69, 9.17) is 9.29 Å². The predicted octanol–water partition coefficient (Wildman–Crippen LogP) is 2.02. The van der Waals surface area contributed by atoms with Crippen LogP contribution in [0.15, 0.2) is 0 Å². The molecular weight excluding hydrogens is 306 g/mol. The monoisotopic (exact) mass is 324 g/mol. The Morgan fingerprint density at radius 2 is 1.57 bits per heavy atom. The van der Waals surface area contributed by atoms with E-state index >= 15 is 0 Å². The lowest BCUT2D eigenvalue weighted by molar-refractivity contribution is -0.214. The number of aldehydes is 1. The number of ether oxygens (including phenoxy) is 1. The molecule has 4 rings (SSSR count). The molecule has 8 heteroatoms. The van der Waals surface area contributed by atoms with Crippen LogP contribution in [0.2, 0.25) is 0 Å². The van der Waals surface area contributed by atoms with Crippen molar-refractivity contribution in [3.8, 4) is 0 Å². The maximum atomic E-state index is 13.7. The topological polar surface area (TPSA) is 80.7 Å². The van der Waals surface area contributed by atoms with Gasteiger partial charge in [-0.25, -0.2) is 0 Å². The minimum Gasteiger partial charge on any atom is -0.357 e. The molecule has 4 aliphatic carbocycles. The quantitative estimate of drug-likeness (QED) is 0.618. The molecule has 0 aromatic carbocycles. The van der Waals surface area contributed by atoms with Crippen molar-refractivity contribution in [2.75, 3.05) is 0 Å². The van der Waals surface area contributed by atoms with E-state index in [-0.39, 0.29) is 6.29 Å². The summed E-state index contributed by atoms with van der Waals surface area (Å²) in [5.41, 5.74) is -0.839. The molecule has 1 atom stereocenters. The van der Waals surface area contributed by atoms with Gasteiger partial charge in [-0.2, -0.15) is 17.2 Å². The Kier molecular flexibility index (Phi) is 3.42. The fourth-order valence-corrected chi connectivity index (χ4v) is 5.16. The Labute approximate surface area is 121 Å². The van der Waals surface area contributed by atoms with Gasteiger partial charge < -0.3 is 9.53 Å². The zero-order chi connectivity index (χ0) is 15.5. The average molecular weight is 324 g/mol. The van der Waals surface area contributed by atoms with Crippen molar-refractivity contribution >= 4 is 16.4 Å². The molecule has 120 valence electrons. The summed E-state index contributed by atoms with van der Waals surface area (Å²) in [7, 11) is -5.69. The van der Waals surface area contributed by atoms with Crippen molar-refractivity contribution < 1.29 is 31.3 Å². The third kappa shape index (κ3) is 2.51. The second kappa shape index (κ2) is 4.70. The molecule has 4 bridgehead atoms. The minimum absolute atomic E-state index is 0.216. The summed E-state index contributed by atoms with van der Waals surface area (Å²) in [5, 5.41) is -4.61. The van der Waals surface area contributed by atoms with E-state index < -0.39 is 27.1 Å². The van der Waals surface area contributed by atoms with Crippen LogP contribution in [0, 0.1) is 17.8 Å². The molecule has 4 fully saturated rings. The van der Waals surface area contributed by atoms with Gasteiger partial charge in [0.25, 0.3) is 0 Å². The lowest BCUT2D eigenvalue weighted by Gasteiger charge is -2.56. The number of hydrogen-bond acceptors (Lipinski definition) is 4. The number of alkyl halides is 2. The third-order valence-electron chi connectivity index (χ3n) is 5.16. The van der Waals surface area contributed by atoms with Gasteiger partial charge in [-0.1, -0.05) is 0 Å². The normalized spacial score (nSPS) is 40.2. The van der Waals surface area contributed by atoms with Crippen LogP contribution in [-0.2, 0) is 19.6 Å². The minimum atomic E-state index is -5.69. The molecule has 0 aromatic rings. The maximum absolute atomic E-state index is 13.7. The molecule has 0 spiro atoms. The molecule has 0 heterocycles. The summed E-state index contributed by atoms with van der Waals surface area (Å²) in [6, 6.07) is 0. The van der Waals surface area contributed by atoms with Gasteiger partial charge in [0.2, 0.25) is 0 Å². The molecular formula is C13H18F2O5S. The highest BCUT2D eigenvalue weighted by Gasteiger charge is 2.59. The van der Waals surface area contributed by atoms with Gasteiger partial charge in [0.15, 0.2) is 12.4 Å². The van der Waals surface area contributed by atoms with E-state index in [0.717, 1.165) is 19.3 Å². The van der Waals surface area contributed by atoms with E-state index in [1.54, 1.807) is 0 Å².